The second-order valence-electron chi connectivity index (χ2n) is 8.74. The van der Waals surface area contributed by atoms with E-state index in [1.165, 1.54) is 18.2 Å². The third kappa shape index (κ3) is 5.05. The number of aromatic nitrogens is 2. The third-order valence-corrected chi connectivity index (χ3v) is 6.13. The standard InChI is InChI=1S/C29H24F2N4O/c1-18-6-7-20(16-24(18)31)28-27(19-8-11-22(30)12-9-19)34-25-13-10-21(17-26(25)35-28)29(36)33-15-3-5-23-4-2-14-32-23/h2,6-14,16-17H,3-5,15H2,1H3,(H,33,36). The van der Waals surface area contributed by atoms with Crippen LogP contribution in [-0.2, 0) is 0 Å². The summed E-state index contributed by atoms with van der Waals surface area (Å²) in [5.74, 6) is -0.915. The van der Waals surface area contributed by atoms with Gasteiger partial charge in [-0.1, -0.05) is 18.2 Å². The van der Waals surface area contributed by atoms with E-state index in [0.29, 0.717) is 51.2 Å². The van der Waals surface area contributed by atoms with E-state index in [4.69, 9.17) is 9.97 Å². The fraction of sp³-hybridized carbons (Fsp3) is 0.172. The maximum Gasteiger partial charge on any atom is 0.251 e. The van der Waals surface area contributed by atoms with Gasteiger partial charge in [-0.05, 0) is 73.9 Å². The summed E-state index contributed by atoms with van der Waals surface area (Å²) in [6.07, 6.45) is 6.36. The Morgan fingerprint density at radius 1 is 0.917 bits per heavy atom. The molecule has 7 heteroatoms. The number of nitrogens with one attached hydrogen (secondary N) is 1. The monoisotopic (exact) mass is 482 g/mol. The van der Waals surface area contributed by atoms with Gasteiger partial charge in [-0.25, -0.2) is 18.7 Å². The number of aryl methyl sites for hydroxylation is 1. The quantitative estimate of drug-likeness (QED) is 0.309. The van der Waals surface area contributed by atoms with Crippen LogP contribution in [0.3, 0.4) is 0 Å². The summed E-state index contributed by atoms with van der Waals surface area (Å²) in [5.41, 5.74) is 5.37. The number of fused-ring (bicyclic) bond motifs is 1. The molecule has 0 saturated carbocycles. The lowest BCUT2D eigenvalue weighted by atomic mass is 10.0. The average molecular weight is 483 g/mol. The van der Waals surface area contributed by atoms with E-state index in [9.17, 15) is 13.6 Å². The summed E-state index contributed by atoms with van der Waals surface area (Å²) in [4.78, 5) is 26.6. The first-order valence-corrected chi connectivity index (χ1v) is 11.8. The predicted octanol–water partition coefficient (Wildman–Crippen LogP) is 6.42. The lowest BCUT2D eigenvalue weighted by Gasteiger charge is -2.12. The van der Waals surface area contributed by atoms with E-state index in [2.05, 4.69) is 10.3 Å². The van der Waals surface area contributed by atoms with Crippen molar-refractivity contribution in [1.29, 1.82) is 0 Å². The first-order valence-electron chi connectivity index (χ1n) is 11.8. The average Bonchev–Trinajstić information content (AvgIpc) is 3.41. The van der Waals surface area contributed by atoms with Crippen LogP contribution in [0.25, 0.3) is 33.5 Å². The molecule has 0 unspecified atom stereocenters. The van der Waals surface area contributed by atoms with Crippen LogP contribution in [0.5, 0.6) is 0 Å². The highest BCUT2D eigenvalue weighted by Gasteiger charge is 2.16. The highest BCUT2D eigenvalue weighted by molar-refractivity contribution is 5.98. The minimum absolute atomic E-state index is 0.198. The smallest absolute Gasteiger partial charge is 0.251 e. The predicted molar refractivity (Wildman–Crippen MR) is 138 cm³/mol. The summed E-state index contributed by atoms with van der Waals surface area (Å²) in [6.45, 7) is 2.23. The Labute approximate surface area is 207 Å². The number of halogens is 2. The molecule has 0 spiro atoms. The van der Waals surface area contributed by atoms with Gasteiger partial charge in [-0.15, -0.1) is 0 Å². The number of carbonyl (C=O) groups excluding carboxylic acids is 1. The Hall–Kier alpha value is -4.26. The summed E-state index contributed by atoms with van der Waals surface area (Å²) in [5, 5.41) is 2.94. The highest BCUT2D eigenvalue weighted by atomic mass is 19.1. The number of benzene rings is 3. The minimum Gasteiger partial charge on any atom is -0.352 e. The zero-order chi connectivity index (χ0) is 25.1. The molecule has 1 aromatic heterocycles. The summed E-state index contributed by atoms with van der Waals surface area (Å²) in [7, 11) is 0. The van der Waals surface area contributed by atoms with Crippen LogP contribution in [0.4, 0.5) is 8.78 Å². The molecule has 4 aromatic rings. The molecule has 5 rings (SSSR count). The molecule has 3 aromatic carbocycles. The Balaban J connectivity index is 1.46. The van der Waals surface area contributed by atoms with Crippen molar-refractivity contribution in [2.45, 2.75) is 26.2 Å². The second-order valence-corrected chi connectivity index (χ2v) is 8.74. The van der Waals surface area contributed by atoms with Crippen molar-refractivity contribution in [1.82, 2.24) is 15.3 Å². The maximum absolute atomic E-state index is 14.4. The number of amides is 1. The maximum atomic E-state index is 14.4. The van der Waals surface area contributed by atoms with Crippen LogP contribution in [0, 0.1) is 18.6 Å². The van der Waals surface area contributed by atoms with E-state index >= 15 is 0 Å². The first kappa shape index (κ1) is 23.5. The topological polar surface area (TPSA) is 67.2 Å². The van der Waals surface area contributed by atoms with Gasteiger partial charge in [0.25, 0.3) is 5.91 Å². The highest BCUT2D eigenvalue weighted by Crippen LogP contribution is 2.32. The molecule has 0 radical (unpaired) electrons. The molecule has 1 aliphatic rings. The van der Waals surface area contributed by atoms with Crippen LogP contribution in [0.2, 0.25) is 0 Å². The van der Waals surface area contributed by atoms with E-state index in [-0.39, 0.29) is 17.5 Å². The molecule has 36 heavy (non-hydrogen) atoms. The molecule has 5 nitrogen and oxygen atoms in total. The number of hydrogen-bond donors (Lipinski definition) is 1. The number of aliphatic imine (C=N–C) groups is 1. The van der Waals surface area contributed by atoms with E-state index in [0.717, 1.165) is 25.0 Å². The molecule has 0 aliphatic carbocycles. The van der Waals surface area contributed by atoms with Crippen molar-refractivity contribution in [2.24, 2.45) is 4.99 Å². The van der Waals surface area contributed by atoms with Crippen LogP contribution >= 0.6 is 0 Å². The number of carbonyl (C=O) groups is 1. The number of hydrogen-bond acceptors (Lipinski definition) is 4. The normalized spacial score (nSPS) is 12.7. The van der Waals surface area contributed by atoms with Gasteiger partial charge in [0, 0.05) is 41.6 Å². The molecule has 0 atom stereocenters. The summed E-state index contributed by atoms with van der Waals surface area (Å²) < 4.78 is 28.0. The largest absolute Gasteiger partial charge is 0.352 e. The minimum atomic E-state index is -0.362. The molecular weight excluding hydrogens is 458 g/mol. The third-order valence-electron chi connectivity index (χ3n) is 6.13. The Kier molecular flexibility index (Phi) is 6.62. The zero-order valence-electron chi connectivity index (χ0n) is 19.8. The molecular formula is C29H24F2N4O. The van der Waals surface area contributed by atoms with Gasteiger partial charge in [-0.3, -0.25) is 9.79 Å². The van der Waals surface area contributed by atoms with E-state index in [1.807, 2.05) is 12.3 Å². The van der Waals surface area contributed by atoms with Gasteiger partial charge >= 0.3 is 0 Å². The summed E-state index contributed by atoms with van der Waals surface area (Å²) in [6, 6.07) is 15.9. The van der Waals surface area contributed by atoms with Crippen molar-refractivity contribution < 1.29 is 13.6 Å². The Bertz CT molecular complexity index is 1510. The molecule has 2 heterocycles. The van der Waals surface area contributed by atoms with Gasteiger partial charge in [0.1, 0.15) is 11.6 Å². The van der Waals surface area contributed by atoms with Crippen LogP contribution in [-0.4, -0.2) is 28.1 Å². The van der Waals surface area contributed by atoms with Gasteiger partial charge in [0.15, 0.2) is 0 Å². The van der Waals surface area contributed by atoms with Gasteiger partial charge in [0.2, 0.25) is 0 Å². The summed E-state index contributed by atoms with van der Waals surface area (Å²) >= 11 is 0. The number of allylic oxidation sites excluding steroid dienone is 1. The molecule has 0 bridgehead atoms. The van der Waals surface area contributed by atoms with Crippen LogP contribution in [0.15, 0.2) is 77.9 Å². The zero-order valence-corrected chi connectivity index (χ0v) is 19.8. The molecule has 180 valence electrons. The van der Waals surface area contributed by atoms with Gasteiger partial charge in [-0.2, -0.15) is 0 Å². The van der Waals surface area contributed by atoms with Gasteiger partial charge < -0.3 is 5.32 Å². The lowest BCUT2D eigenvalue weighted by molar-refractivity contribution is 0.0953. The molecule has 0 saturated heterocycles. The van der Waals surface area contributed by atoms with Gasteiger partial charge in [0.05, 0.1) is 22.4 Å². The van der Waals surface area contributed by atoms with Crippen molar-refractivity contribution in [3.8, 4) is 22.5 Å². The van der Waals surface area contributed by atoms with Crippen molar-refractivity contribution in [2.75, 3.05) is 6.54 Å². The number of nitrogens with zero attached hydrogens (tertiary/aromatic N) is 3. The van der Waals surface area contributed by atoms with Crippen molar-refractivity contribution in [3.05, 3.63) is 95.7 Å². The SMILES string of the molecule is Cc1ccc(-c2nc3cc(C(=O)NCCCC4=NC=CC4)ccc3nc2-c2ccc(F)cc2)cc1F. The van der Waals surface area contributed by atoms with Crippen LogP contribution < -0.4 is 5.32 Å². The second kappa shape index (κ2) is 10.2. The van der Waals surface area contributed by atoms with E-state index in [1.54, 1.807) is 49.4 Å². The molecule has 0 fully saturated rings. The van der Waals surface area contributed by atoms with Crippen LogP contribution in [0.1, 0.15) is 35.2 Å². The molecule has 1 aliphatic heterocycles. The van der Waals surface area contributed by atoms with E-state index < -0.39 is 0 Å². The van der Waals surface area contributed by atoms with Crippen molar-refractivity contribution in [3.63, 3.8) is 0 Å². The number of rotatable bonds is 7. The Morgan fingerprint density at radius 2 is 1.67 bits per heavy atom. The first-order chi connectivity index (χ1) is 17.5. The fourth-order valence-electron chi connectivity index (χ4n) is 4.11. The molecule has 1 N–H and O–H groups in total. The lowest BCUT2D eigenvalue weighted by Crippen LogP contribution is -2.24. The Morgan fingerprint density at radius 3 is 2.42 bits per heavy atom. The fourth-order valence-corrected chi connectivity index (χ4v) is 4.11. The van der Waals surface area contributed by atoms with Crippen molar-refractivity contribution >= 4 is 22.7 Å². The molecule has 1 amide bonds.